The van der Waals surface area contributed by atoms with Crippen LogP contribution in [0.4, 0.5) is 5.88 Å². The predicted molar refractivity (Wildman–Crippen MR) is 90.1 cm³/mol. The van der Waals surface area contributed by atoms with Crippen LogP contribution in [0.2, 0.25) is 10.0 Å². The molecule has 1 fully saturated rings. The highest BCUT2D eigenvalue weighted by Gasteiger charge is 2.15. The van der Waals surface area contributed by atoms with Crippen molar-refractivity contribution in [3.8, 4) is 6.07 Å². The third-order valence-electron chi connectivity index (χ3n) is 3.66. The lowest BCUT2D eigenvalue weighted by molar-refractivity contribution is 0.548. The standard InChI is InChI=1S/C17H14Cl2N2O/c18-13-3-5-15(16(19)10-13)12(11-20)9-14-4-6-17(22-14)21-7-1-2-8-21/h3-6,9-10H,1-2,7-8H2/b12-9-. The summed E-state index contributed by atoms with van der Waals surface area (Å²) in [7, 11) is 0. The largest absolute Gasteiger partial charge is 0.441 e. The topological polar surface area (TPSA) is 40.2 Å². The molecule has 1 saturated heterocycles. The van der Waals surface area contributed by atoms with Crippen LogP contribution >= 0.6 is 23.2 Å². The maximum Gasteiger partial charge on any atom is 0.196 e. The van der Waals surface area contributed by atoms with E-state index >= 15 is 0 Å². The quantitative estimate of drug-likeness (QED) is 0.720. The van der Waals surface area contributed by atoms with Gasteiger partial charge in [-0.2, -0.15) is 5.26 Å². The molecular weight excluding hydrogens is 319 g/mol. The molecule has 0 N–H and O–H groups in total. The Morgan fingerprint density at radius 3 is 2.64 bits per heavy atom. The normalized spacial score (nSPS) is 15.1. The molecular formula is C17H14Cl2N2O. The van der Waals surface area contributed by atoms with Gasteiger partial charge in [0.2, 0.25) is 0 Å². The Labute approximate surface area is 139 Å². The lowest BCUT2D eigenvalue weighted by atomic mass is 10.1. The molecule has 2 aromatic rings. The zero-order valence-electron chi connectivity index (χ0n) is 11.9. The molecule has 0 unspecified atom stereocenters. The molecule has 2 heterocycles. The second kappa shape index (κ2) is 6.48. The van der Waals surface area contributed by atoms with Gasteiger partial charge in [0, 0.05) is 29.7 Å². The van der Waals surface area contributed by atoms with E-state index in [0.29, 0.717) is 26.9 Å². The number of rotatable bonds is 3. The van der Waals surface area contributed by atoms with E-state index in [9.17, 15) is 5.26 Å². The Kier molecular flexibility index (Phi) is 4.42. The van der Waals surface area contributed by atoms with E-state index in [-0.39, 0.29) is 0 Å². The van der Waals surface area contributed by atoms with Crippen molar-refractivity contribution in [3.05, 3.63) is 51.7 Å². The van der Waals surface area contributed by atoms with Crippen molar-refractivity contribution in [2.24, 2.45) is 0 Å². The van der Waals surface area contributed by atoms with Gasteiger partial charge in [-0.05, 0) is 37.1 Å². The van der Waals surface area contributed by atoms with Crippen LogP contribution in [0.5, 0.6) is 0 Å². The summed E-state index contributed by atoms with van der Waals surface area (Å²) < 4.78 is 5.81. The lowest BCUT2D eigenvalue weighted by Crippen LogP contribution is -2.16. The molecule has 112 valence electrons. The first kappa shape index (κ1) is 15.0. The van der Waals surface area contributed by atoms with Gasteiger partial charge in [0.1, 0.15) is 5.76 Å². The van der Waals surface area contributed by atoms with Gasteiger partial charge in [-0.3, -0.25) is 0 Å². The fraction of sp³-hybridized carbons (Fsp3) is 0.235. The van der Waals surface area contributed by atoms with E-state index < -0.39 is 0 Å². The number of hydrogen-bond donors (Lipinski definition) is 0. The summed E-state index contributed by atoms with van der Waals surface area (Å²) in [6.45, 7) is 2.04. The van der Waals surface area contributed by atoms with Crippen LogP contribution in [0, 0.1) is 11.3 Å². The zero-order valence-corrected chi connectivity index (χ0v) is 13.4. The molecule has 0 amide bonds. The van der Waals surface area contributed by atoms with Gasteiger partial charge in [0.25, 0.3) is 0 Å². The fourth-order valence-corrected chi connectivity index (χ4v) is 3.06. The molecule has 5 heteroatoms. The smallest absolute Gasteiger partial charge is 0.196 e. The molecule has 0 bridgehead atoms. The number of allylic oxidation sites excluding steroid dienone is 1. The summed E-state index contributed by atoms with van der Waals surface area (Å²) in [5.74, 6) is 1.49. The maximum atomic E-state index is 9.39. The average Bonchev–Trinajstić information content (AvgIpc) is 3.16. The van der Waals surface area contributed by atoms with Crippen molar-refractivity contribution in [1.82, 2.24) is 0 Å². The summed E-state index contributed by atoms with van der Waals surface area (Å²) in [6.07, 6.45) is 4.08. The van der Waals surface area contributed by atoms with Gasteiger partial charge >= 0.3 is 0 Å². The molecule has 3 rings (SSSR count). The maximum absolute atomic E-state index is 9.39. The molecule has 22 heavy (non-hydrogen) atoms. The minimum absolute atomic E-state index is 0.448. The summed E-state index contributed by atoms with van der Waals surface area (Å²) in [4.78, 5) is 2.21. The Bertz CT molecular complexity index is 752. The predicted octanol–water partition coefficient (Wildman–Crippen LogP) is 5.25. The lowest BCUT2D eigenvalue weighted by Gasteiger charge is -2.12. The summed E-state index contributed by atoms with van der Waals surface area (Å²) in [5, 5.41) is 10.4. The summed E-state index contributed by atoms with van der Waals surface area (Å²) in [6, 6.07) is 11.1. The highest BCUT2D eigenvalue weighted by Crippen LogP contribution is 2.30. The van der Waals surface area contributed by atoms with E-state index in [2.05, 4.69) is 11.0 Å². The minimum atomic E-state index is 0.448. The Morgan fingerprint density at radius 1 is 1.18 bits per heavy atom. The van der Waals surface area contributed by atoms with Crippen molar-refractivity contribution in [2.75, 3.05) is 18.0 Å². The second-order valence-corrected chi connectivity index (χ2v) is 6.01. The van der Waals surface area contributed by atoms with Crippen LogP contribution in [0.1, 0.15) is 24.2 Å². The Balaban J connectivity index is 1.90. The Morgan fingerprint density at radius 2 is 1.95 bits per heavy atom. The zero-order chi connectivity index (χ0) is 15.5. The monoisotopic (exact) mass is 332 g/mol. The van der Waals surface area contributed by atoms with Crippen LogP contribution in [0.3, 0.4) is 0 Å². The van der Waals surface area contributed by atoms with Crippen LogP contribution in [0.15, 0.2) is 34.7 Å². The van der Waals surface area contributed by atoms with Crippen LogP contribution in [0.25, 0.3) is 11.6 Å². The van der Waals surface area contributed by atoms with Crippen LogP contribution in [-0.2, 0) is 0 Å². The SMILES string of the molecule is N#C/C(=C/c1ccc(N2CCCC2)o1)c1ccc(Cl)cc1Cl. The highest BCUT2D eigenvalue weighted by molar-refractivity contribution is 6.36. The first-order chi connectivity index (χ1) is 10.7. The molecule has 3 nitrogen and oxygen atoms in total. The number of benzene rings is 1. The molecule has 0 spiro atoms. The van der Waals surface area contributed by atoms with Crippen molar-refractivity contribution in [3.63, 3.8) is 0 Å². The van der Waals surface area contributed by atoms with Crippen molar-refractivity contribution in [2.45, 2.75) is 12.8 Å². The first-order valence-electron chi connectivity index (χ1n) is 7.09. The van der Waals surface area contributed by atoms with Crippen LogP contribution in [-0.4, -0.2) is 13.1 Å². The van der Waals surface area contributed by atoms with Crippen molar-refractivity contribution in [1.29, 1.82) is 5.26 Å². The third-order valence-corrected chi connectivity index (χ3v) is 4.21. The number of nitrogens with zero attached hydrogens (tertiary/aromatic N) is 2. The van der Waals surface area contributed by atoms with Gasteiger partial charge in [-0.15, -0.1) is 0 Å². The number of halogens is 2. The molecule has 1 aromatic heterocycles. The number of hydrogen-bond acceptors (Lipinski definition) is 3. The van der Waals surface area contributed by atoms with E-state index in [1.165, 1.54) is 12.8 Å². The van der Waals surface area contributed by atoms with E-state index in [1.807, 2.05) is 12.1 Å². The first-order valence-corrected chi connectivity index (χ1v) is 7.85. The molecule has 0 aliphatic carbocycles. The average molecular weight is 333 g/mol. The van der Waals surface area contributed by atoms with Crippen LogP contribution < -0.4 is 4.90 Å². The van der Waals surface area contributed by atoms with E-state index in [4.69, 9.17) is 27.6 Å². The van der Waals surface area contributed by atoms with Gasteiger partial charge in [-0.1, -0.05) is 29.3 Å². The van der Waals surface area contributed by atoms with Gasteiger partial charge in [0.15, 0.2) is 5.88 Å². The number of anilines is 1. The van der Waals surface area contributed by atoms with E-state index in [0.717, 1.165) is 19.0 Å². The summed E-state index contributed by atoms with van der Waals surface area (Å²) >= 11 is 12.1. The molecule has 1 aliphatic heterocycles. The molecule has 0 saturated carbocycles. The molecule has 0 atom stereocenters. The van der Waals surface area contributed by atoms with Gasteiger partial charge in [-0.25, -0.2) is 0 Å². The number of furan rings is 1. The van der Waals surface area contributed by atoms with E-state index in [1.54, 1.807) is 24.3 Å². The van der Waals surface area contributed by atoms with Crippen molar-refractivity contribution < 1.29 is 4.42 Å². The molecule has 1 aromatic carbocycles. The minimum Gasteiger partial charge on any atom is -0.441 e. The van der Waals surface area contributed by atoms with Gasteiger partial charge < -0.3 is 9.32 Å². The third kappa shape index (κ3) is 3.14. The van der Waals surface area contributed by atoms with Gasteiger partial charge in [0.05, 0.1) is 16.7 Å². The Hall–Kier alpha value is -1.89. The summed E-state index contributed by atoms with van der Waals surface area (Å²) in [5.41, 5.74) is 1.09. The second-order valence-electron chi connectivity index (χ2n) is 5.16. The fourth-order valence-electron chi connectivity index (χ4n) is 2.55. The number of nitriles is 1. The molecule has 0 radical (unpaired) electrons. The highest BCUT2D eigenvalue weighted by atomic mass is 35.5. The molecule has 1 aliphatic rings. The van der Waals surface area contributed by atoms with Crippen molar-refractivity contribution >= 4 is 40.7 Å².